The van der Waals surface area contributed by atoms with Crippen LogP contribution >= 0.6 is 0 Å². The highest BCUT2D eigenvalue weighted by molar-refractivity contribution is 5.50. The van der Waals surface area contributed by atoms with Gasteiger partial charge >= 0.3 is 0 Å². The van der Waals surface area contributed by atoms with Crippen LogP contribution in [-0.2, 0) is 7.05 Å². The van der Waals surface area contributed by atoms with Crippen LogP contribution in [0.3, 0.4) is 0 Å². The molecule has 112 valence electrons. The van der Waals surface area contributed by atoms with Crippen LogP contribution in [-0.4, -0.2) is 55.8 Å². The first kappa shape index (κ1) is 14.2. The standard InChI is InChI=1S/C15H21N5O/c1-11-9-13(15-16-4-6-19(15)2)18-14(17-11)12-3-5-20(10-12)7-8-21/h4,6,9,12,21H,3,5,7-8,10H2,1-2H3/t12-/m1/s1. The summed E-state index contributed by atoms with van der Waals surface area (Å²) in [6.07, 6.45) is 4.75. The van der Waals surface area contributed by atoms with Crippen molar-refractivity contribution in [3.05, 3.63) is 30.0 Å². The molecule has 2 aromatic rings. The van der Waals surface area contributed by atoms with Crippen LogP contribution in [0.4, 0.5) is 0 Å². The normalized spacial score (nSPS) is 19.3. The third-order valence-corrected chi connectivity index (χ3v) is 3.98. The Morgan fingerprint density at radius 3 is 2.95 bits per heavy atom. The zero-order valence-electron chi connectivity index (χ0n) is 12.5. The molecule has 0 aliphatic carbocycles. The fraction of sp³-hybridized carbons (Fsp3) is 0.533. The summed E-state index contributed by atoms with van der Waals surface area (Å²) in [5, 5.41) is 9.04. The van der Waals surface area contributed by atoms with Crippen molar-refractivity contribution in [2.24, 2.45) is 7.05 Å². The van der Waals surface area contributed by atoms with Gasteiger partial charge in [0.25, 0.3) is 0 Å². The minimum absolute atomic E-state index is 0.208. The van der Waals surface area contributed by atoms with Gasteiger partial charge in [0.1, 0.15) is 11.5 Å². The number of imidazole rings is 1. The highest BCUT2D eigenvalue weighted by Crippen LogP contribution is 2.26. The monoisotopic (exact) mass is 287 g/mol. The van der Waals surface area contributed by atoms with Crippen LogP contribution in [0.5, 0.6) is 0 Å². The molecule has 21 heavy (non-hydrogen) atoms. The van der Waals surface area contributed by atoms with Gasteiger partial charge in [-0.05, 0) is 26.0 Å². The van der Waals surface area contributed by atoms with E-state index >= 15 is 0 Å². The van der Waals surface area contributed by atoms with Gasteiger partial charge in [-0.2, -0.15) is 0 Å². The Bertz CT molecular complexity index is 624. The number of nitrogens with zero attached hydrogens (tertiary/aromatic N) is 5. The minimum Gasteiger partial charge on any atom is -0.395 e. The number of aromatic nitrogens is 4. The van der Waals surface area contributed by atoms with Gasteiger partial charge in [0.05, 0.1) is 6.61 Å². The third-order valence-electron chi connectivity index (χ3n) is 3.98. The second-order valence-corrected chi connectivity index (χ2v) is 5.62. The lowest BCUT2D eigenvalue weighted by Gasteiger charge is -2.14. The molecule has 6 heteroatoms. The van der Waals surface area contributed by atoms with Gasteiger partial charge in [-0.1, -0.05) is 0 Å². The van der Waals surface area contributed by atoms with E-state index in [0.717, 1.165) is 49.1 Å². The van der Waals surface area contributed by atoms with E-state index < -0.39 is 0 Å². The van der Waals surface area contributed by atoms with Gasteiger partial charge in [0.15, 0.2) is 5.82 Å². The number of likely N-dealkylation sites (tertiary alicyclic amines) is 1. The number of β-amino-alcohol motifs (C(OH)–C–C–N with tert-alkyl or cyclic N) is 1. The van der Waals surface area contributed by atoms with Crippen molar-refractivity contribution < 1.29 is 5.11 Å². The minimum atomic E-state index is 0.208. The molecular formula is C15H21N5O. The molecule has 3 heterocycles. The van der Waals surface area contributed by atoms with Gasteiger partial charge in [-0.25, -0.2) is 15.0 Å². The third kappa shape index (κ3) is 2.96. The molecule has 0 bridgehead atoms. The van der Waals surface area contributed by atoms with Crippen LogP contribution < -0.4 is 0 Å². The molecular weight excluding hydrogens is 266 g/mol. The van der Waals surface area contributed by atoms with E-state index in [2.05, 4.69) is 14.9 Å². The summed E-state index contributed by atoms with van der Waals surface area (Å²) in [4.78, 5) is 16.0. The number of rotatable bonds is 4. The van der Waals surface area contributed by atoms with Gasteiger partial charge < -0.3 is 14.6 Å². The van der Waals surface area contributed by atoms with E-state index in [1.807, 2.05) is 30.8 Å². The van der Waals surface area contributed by atoms with Crippen LogP contribution in [0, 0.1) is 6.92 Å². The van der Waals surface area contributed by atoms with Crippen LogP contribution in [0.1, 0.15) is 23.9 Å². The SMILES string of the molecule is Cc1cc(-c2nccn2C)nc([C@@H]2CCN(CCO)C2)n1. The largest absolute Gasteiger partial charge is 0.395 e. The molecule has 0 aromatic carbocycles. The summed E-state index contributed by atoms with van der Waals surface area (Å²) in [7, 11) is 1.97. The molecule has 1 atom stereocenters. The summed E-state index contributed by atoms with van der Waals surface area (Å²) < 4.78 is 1.97. The first-order valence-corrected chi connectivity index (χ1v) is 7.34. The fourth-order valence-electron chi connectivity index (χ4n) is 2.89. The maximum Gasteiger partial charge on any atom is 0.158 e. The van der Waals surface area contributed by atoms with E-state index in [1.54, 1.807) is 6.20 Å². The van der Waals surface area contributed by atoms with Crippen molar-refractivity contribution in [3.63, 3.8) is 0 Å². The molecule has 0 saturated carbocycles. The van der Waals surface area contributed by atoms with Crippen LogP contribution in [0.2, 0.25) is 0 Å². The first-order valence-electron chi connectivity index (χ1n) is 7.34. The molecule has 1 N–H and O–H groups in total. The van der Waals surface area contributed by atoms with Crippen molar-refractivity contribution in [1.82, 2.24) is 24.4 Å². The lowest BCUT2D eigenvalue weighted by Crippen LogP contribution is -2.24. The zero-order valence-corrected chi connectivity index (χ0v) is 12.5. The van der Waals surface area contributed by atoms with E-state index in [-0.39, 0.29) is 6.61 Å². The van der Waals surface area contributed by atoms with Gasteiger partial charge in [0.2, 0.25) is 0 Å². The highest BCUT2D eigenvalue weighted by Gasteiger charge is 2.26. The summed E-state index contributed by atoms with van der Waals surface area (Å²) in [6, 6.07) is 1.98. The number of aliphatic hydroxyl groups excluding tert-OH is 1. The molecule has 1 saturated heterocycles. The van der Waals surface area contributed by atoms with Gasteiger partial charge in [-0.3, -0.25) is 0 Å². The second kappa shape index (κ2) is 5.91. The predicted molar refractivity (Wildman–Crippen MR) is 79.9 cm³/mol. The molecule has 1 fully saturated rings. The Labute approximate surface area is 124 Å². The number of aryl methyl sites for hydroxylation is 2. The van der Waals surface area contributed by atoms with Gasteiger partial charge in [-0.15, -0.1) is 0 Å². The Balaban J connectivity index is 1.87. The summed E-state index contributed by atoms with van der Waals surface area (Å²) in [5.74, 6) is 2.11. The van der Waals surface area contributed by atoms with Crippen molar-refractivity contribution in [2.45, 2.75) is 19.3 Å². The number of aliphatic hydroxyl groups is 1. The van der Waals surface area contributed by atoms with Crippen molar-refractivity contribution in [3.8, 4) is 11.5 Å². The quantitative estimate of drug-likeness (QED) is 0.907. The lowest BCUT2D eigenvalue weighted by molar-refractivity contribution is 0.220. The summed E-state index contributed by atoms with van der Waals surface area (Å²) in [5.41, 5.74) is 1.85. The number of hydrogen-bond acceptors (Lipinski definition) is 5. The second-order valence-electron chi connectivity index (χ2n) is 5.62. The van der Waals surface area contributed by atoms with E-state index in [1.165, 1.54) is 0 Å². The van der Waals surface area contributed by atoms with Crippen molar-refractivity contribution in [1.29, 1.82) is 0 Å². The van der Waals surface area contributed by atoms with Gasteiger partial charge in [0, 0.05) is 44.1 Å². The predicted octanol–water partition coefficient (Wildman–Crippen LogP) is 0.967. The molecule has 0 spiro atoms. The van der Waals surface area contributed by atoms with Crippen molar-refractivity contribution >= 4 is 0 Å². The first-order chi connectivity index (χ1) is 10.2. The Hall–Kier alpha value is -1.79. The average Bonchev–Trinajstić information content (AvgIpc) is 3.07. The molecule has 0 radical (unpaired) electrons. The molecule has 6 nitrogen and oxygen atoms in total. The zero-order chi connectivity index (χ0) is 14.8. The van der Waals surface area contributed by atoms with Crippen LogP contribution in [0.25, 0.3) is 11.5 Å². The smallest absolute Gasteiger partial charge is 0.158 e. The maximum absolute atomic E-state index is 9.04. The highest BCUT2D eigenvalue weighted by atomic mass is 16.3. The molecule has 2 aromatic heterocycles. The maximum atomic E-state index is 9.04. The molecule has 0 amide bonds. The fourth-order valence-corrected chi connectivity index (χ4v) is 2.89. The van der Waals surface area contributed by atoms with Crippen molar-refractivity contribution in [2.75, 3.05) is 26.2 Å². The topological polar surface area (TPSA) is 67.1 Å². The summed E-state index contributed by atoms with van der Waals surface area (Å²) in [6.45, 7) is 4.86. The van der Waals surface area contributed by atoms with E-state index in [4.69, 9.17) is 10.1 Å². The van der Waals surface area contributed by atoms with E-state index in [9.17, 15) is 0 Å². The Kier molecular flexibility index (Phi) is 3.98. The number of hydrogen-bond donors (Lipinski definition) is 1. The molecule has 1 aliphatic rings. The van der Waals surface area contributed by atoms with Crippen LogP contribution in [0.15, 0.2) is 18.5 Å². The molecule has 0 unspecified atom stereocenters. The Morgan fingerprint density at radius 2 is 2.24 bits per heavy atom. The van der Waals surface area contributed by atoms with E-state index in [0.29, 0.717) is 5.92 Å². The lowest BCUT2D eigenvalue weighted by atomic mass is 10.1. The average molecular weight is 287 g/mol. The molecule has 3 rings (SSSR count). The molecule has 1 aliphatic heterocycles. The summed E-state index contributed by atoms with van der Waals surface area (Å²) >= 11 is 0. The Morgan fingerprint density at radius 1 is 1.38 bits per heavy atom.